The molecular weight excluding hydrogens is 594 g/mol. The summed E-state index contributed by atoms with van der Waals surface area (Å²) in [4.78, 5) is 67.6. The number of rotatable bonds is 13. The number of hydrogen-bond donors (Lipinski definition) is 6. The van der Waals surface area contributed by atoms with Gasteiger partial charge in [0.15, 0.2) is 17.0 Å². The Kier molecular flexibility index (Phi) is 10.3. The van der Waals surface area contributed by atoms with E-state index in [9.17, 15) is 29.4 Å². The number of benzene rings is 2. The van der Waals surface area contributed by atoms with Crippen LogP contribution in [0.15, 0.2) is 48.7 Å². The highest BCUT2D eigenvalue weighted by molar-refractivity contribution is 6.05. The van der Waals surface area contributed by atoms with E-state index in [0.29, 0.717) is 17.8 Å². The predicted octanol–water partition coefficient (Wildman–Crippen LogP) is 2.44. The van der Waals surface area contributed by atoms with E-state index in [1.165, 1.54) is 12.1 Å². The molecule has 0 radical (unpaired) electrons. The summed E-state index contributed by atoms with van der Waals surface area (Å²) in [6, 6.07) is 10.0. The van der Waals surface area contributed by atoms with E-state index in [1.54, 1.807) is 36.5 Å². The summed E-state index contributed by atoms with van der Waals surface area (Å²) in [6.45, 7) is 4.28. The first-order chi connectivity index (χ1) is 21.8. The van der Waals surface area contributed by atoms with Gasteiger partial charge in [0.25, 0.3) is 11.8 Å². The molecule has 240 valence electrons. The van der Waals surface area contributed by atoms with Crippen molar-refractivity contribution >= 4 is 52.4 Å². The lowest BCUT2D eigenvalue weighted by atomic mass is 9.97. The topological polar surface area (TPSA) is 240 Å². The fraction of sp³-hybridized carbons (Fsp3) is 0.290. The molecule has 46 heavy (non-hydrogen) atoms. The minimum absolute atomic E-state index is 0.00746. The van der Waals surface area contributed by atoms with Crippen molar-refractivity contribution in [2.24, 2.45) is 0 Å². The Balaban J connectivity index is 1.31. The van der Waals surface area contributed by atoms with Gasteiger partial charge in [-0.1, -0.05) is 19.9 Å². The molecule has 0 spiro atoms. The van der Waals surface area contributed by atoms with Crippen molar-refractivity contribution < 1.29 is 29.4 Å². The Bertz CT molecular complexity index is 1780. The van der Waals surface area contributed by atoms with Crippen molar-refractivity contribution in [1.82, 2.24) is 30.6 Å². The third-order valence-electron chi connectivity index (χ3n) is 7.21. The lowest BCUT2D eigenvalue weighted by Gasteiger charge is -2.19. The number of aromatic nitrogens is 4. The molecule has 2 amide bonds. The van der Waals surface area contributed by atoms with Crippen LogP contribution >= 0.6 is 0 Å². The van der Waals surface area contributed by atoms with Crippen LogP contribution in [0, 0.1) is 0 Å². The number of nitrogens with two attached hydrogens (primary N) is 2. The summed E-state index contributed by atoms with van der Waals surface area (Å²) in [5.41, 5.74) is 14.5. The number of nitrogen functional groups attached to an aromatic ring is 2. The smallest absolute Gasteiger partial charge is 0.336 e. The Labute approximate surface area is 264 Å². The maximum atomic E-state index is 12.9. The zero-order valence-corrected chi connectivity index (χ0v) is 25.5. The monoisotopic (exact) mass is 629 g/mol. The van der Waals surface area contributed by atoms with E-state index in [1.807, 2.05) is 25.8 Å². The molecule has 0 aliphatic carbocycles. The summed E-state index contributed by atoms with van der Waals surface area (Å²) < 4.78 is 0. The van der Waals surface area contributed by atoms with Gasteiger partial charge in [0, 0.05) is 24.8 Å². The number of carbonyl (C=O) groups is 4. The molecule has 0 aliphatic rings. The number of anilines is 3. The van der Waals surface area contributed by atoms with Gasteiger partial charge in [0.1, 0.15) is 6.04 Å². The van der Waals surface area contributed by atoms with Crippen LogP contribution in [-0.4, -0.2) is 73.5 Å². The van der Waals surface area contributed by atoms with Gasteiger partial charge in [-0.25, -0.2) is 19.6 Å². The maximum Gasteiger partial charge on any atom is 0.336 e. The Morgan fingerprint density at radius 3 is 2.30 bits per heavy atom. The molecule has 4 rings (SSSR count). The minimum atomic E-state index is -1.22. The molecular formula is C31H35N9O6. The normalized spacial score (nSPS) is 11.7. The van der Waals surface area contributed by atoms with Crippen molar-refractivity contribution in [2.45, 2.75) is 45.2 Å². The van der Waals surface area contributed by atoms with Gasteiger partial charge in [0.2, 0.25) is 5.95 Å². The number of hydrogen-bond acceptors (Lipinski definition) is 11. The molecule has 2 aromatic heterocycles. The summed E-state index contributed by atoms with van der Waals surface area (Å²) in [7, 11) is 1.83. The maximum absolute atomic E-state index is 12.9. The van der Waals surface area contributed by atoms with Crippen molar-refractivity contribution in [1.29, 1.82) is 0 Å². The van der Waals surface area contributed by atoms with Crippen LogP contribution in [0.4, 0.5) is 17.5 Å². The third-order valence-corrected chi connectivity index (χ3v) is 7.21. The average molecular weight is 630 g/mol. The van der Waals surface area contributed by atoms with Crippen LogP contribution in [0.2, 0.25) is 0 Å². The molecule has 0 saturated carbocycles. The molecule has 8 N–H and O–H groups in total. The number of aliphatic carboxylic acids is 1. The molecule has 15 nitrogen and oxygen atoms in total. The quantitative estimate of drug-likeness (QED) is 0.117. The summed E-state index contributed by atoms with van der Waals surface area (Å²) in [6.07, 6.45) is 1.82. The second-order valence-electron chi connectivity index (χ2n) is 10.9. The number of fused-ring (bicyclic) bond motifs is 1. The van der Waals surface area contributed by atoms with Gasteiger partial charge >= 0.3 is 11.9 Å². The molecule has 0 aliphatic heterocycles. The molecule has 15 heteroatoms. The third kappa shape index (κ3) is 7.99. The number of carbonyl (C=O) groups excluding carboxylic acids is 2. The molecule has 4 aromatic rings. The number of amides is 2. The van der Waals surface area contributed by atoms with Crippen LogP contribution in [-0.2, 0) is 11.3 Å². The Morgan fingerprint density at radius 2 is 1.65 bits per heavy atom. The summed E-state index contributed by atoms with van der Waals surface area (Å²) in [5.74, 6) is -3.37. The molecule has 2 aromatic carbocycles. The van der Waals surface area contributed by atoms with E-state index in [0.717, 1.165) is 11.3 Å². The summed E-state index contributed by atoms with van der Waals surface area (Å²) in [5, 5.41) is 24.4. The summed E-state index contributed by atoms with van der Waals surface area (Å²) >= 11 is 0. The van der Waals surface area contributed by atoms with Crippen LogP contribution in [0.25, 0.3) is 11.2 Å². The van der Waals surface area contributed by atoms with Crippen LogP contribution in [0.3, 0.4) is 0 Å². The number of aromatic carboxylic acids is 1. The highest BCUT2D eigenvalue weighted by Crippen LogP contribution is 2.21. The van der Waals surface area contributed by atoms with Crippen molar-refractivity contribution in [3.63, 3.8) is 0 Å². The molecule has 0 fully saturated rings. The van der Waals surface area contributed by atoms with E-state index < -0.39 is 29.8 Å². The first-order valence-corrected chi connectivity index (χ1v) is 14.4. The number of nitrogens with one attached hydrogen (secondary N) is 2. The standard InChI is InChI=1S/C31H35N9O6/c1-16(2)18-8-11-21(22(13-18)29(43)44)28(42)34-12-4-5-23(30(45)46)37-27(41)17-6-9-20(10-7-17)40(3)15-19-14-35-26-24(36-19)25(32)38-31(33)39-26/h6-11,13-14,16,23H,4-5,12,15H2,1-3H3,(H,34,42)(H,37,41)(H,43,44)(H,45,46)(H4,32,33,35,38,39)/t23-/m0/s1. The van der Waals surface area contributed by atoms with Gasteiger partial charge in [-0.3, -0.25) is 9.59 Å². The second kappa shape index (κ2) is 14.3. The number of carboxylic acids is 2. The predicted molar refractivity (Wildman–Crippen MR) is 170 cm³/mol. The lowest BCUT2D eigenvalue weighted by Crippen LogP contribution is -2.41. The fourth-order valence-electron chi connectivity index (χ4n) is 4.66. The first kappa shape index (κ1) is 33.0. The first-order valence-electron chi connectivity index (χ1n) is 14.4. The van der Waals surface area contributed by atoms with Crippen molar-refractivity contribution in [2.75, 3.05) is 30.0 Å². The zero-order valence-electron chi connectivity index (χ0n) is 25.5. The lowest BCUT2D eigenvalue weighted by molar-refractivity contribution is -0.139. The van der Waals surface area contributed by atoms with Crippen molar-refractivity contribution in [3.8, 4) is 0 Å². The highest BCUT2D eigenvalue weighted by atomic mass is 16.4. The average Bonchev–Trinajstić information content (AvgIpc) is 3.02. The SMILES string of the molecule is CC(C)c1ccc(C(=O)NCCC[C@H](NC(=O)c2ccc(N(C)Cc3cnc4nc(N)nc(N)c4n3)cc2)C(=O)O)c(C(=O)O)c1. The largest absolute Gasteiger partial charge is 0.480 e. The number of nitrogens with zero attached hydrogens (tertiary/aromatic N) is 5. The van der Waals surface area contributed by atoms with Gasteiger partial charge < -0.3 is 37.2 Å². The highest BCUT2D eigenvalue weighted by Gasteiger charge is 2.22. The van der Waals surface area contributed by atoms with Gasteiger partial charge in [-0.2, -0.15) is 9.97 Å². The zero-order chi connectivity index (χ0) is 33.5. The van der Waals surface area contributed by atoms with Crippen LogP contribution in [0.5, 0.6) is 0 Å². The van der Waals surface area contributed by atoms with E-state index in [2.05, 4.69) is 30.6 Å². The molecule has 1 atom stereocenters. The van der Waals surface area contributed by atoms with Crippen LogP contribution < -0.4 is 27.0 Å². The van der Waals surface area contributed by atoms with Gasteiger partial charge in [0.05, 0.1) is 29.6 Å². The molecule has 0 bridgehead atoms. The van der Waals surface area contributed by atoms with Crippen molar-refractivity contribution in [3.05, 3.63) is 76.6 Å². The van der Waals surface area contributed by atoms with Gasteiger partial charge in [-0.15, -0.1) is 0 Å². The van der Waals surface area contributed by atoms with E-state index in [-0.39, 0.29) is 59.4 Å². The minimum Gasteiger partial charge on any atom is -0.480 e. The van der Waals surface area contributed by atoms with E-state index >= 15 is 0 Å². The van der Waals surface area contributed by atoms with E-state index in [4.69, 9.17) is 11.5 Å². The fourth-order valence-corrected chi connectivity index (χ4v) is 4.66. The Morgan fingerprint density at radius 1 is 0.935 bits per heavy atom. The molecule has 0 unspecified atom stereocenters. The van der Waals surface area contributed by atoms with Gasteiger partial charge in [-0.05, 0) is 60.7 Å². The second-order valence-corrected chi connectivity index (χ2v) is 10.9. The number of carboxylic acid groups (broad SMARTS) is 2. The molecule has 0 saturated heterocycles. The molecule has 2 heterocycles. The van der Waals surface area contributed by atoms with Crippen LogP contribution in [0.1, 0.15) is 74.9 Å². The Hall–Kier alpha value is -5.86.